The minimum absolute atomic E-state index is 0.00906. The molecule has 1 N–H and O–H groups in total. The van der Waals surface area contributed by atoms with E-state index in [1.807, 2.05) is 0 Å². The molecule has 7 heteroatoms. The fourth-order valence-electron chi connectivity index (χ4n) is 2.26. The third-order valence-electron chi connectivity index (χ3n) is 3.32. The van der Waals surface area contributed by atoms with Crippen molar-refractivity contribution in [1.82, 2.24) is 9.55 Å². The van der Waals surface area contributed by atoms with Gasteiger partial charge in [0.1, 0.15) is 11.4 Å². The SMILES string of the molecule is Fc1ccc2c(c1)[nH]c(=S)n2C1(C(F)(F)F)CC1. The summed E-state index contributed by atoms with van der Waals surface area (Å²) in [5.74, 6) is -0.511. The largest absolute Gasteiger partial charge is 0.412 e. The van der Waals surface area contributed by atoms with Gasteiger partial charge in [-0.05, 0) is 43.3 Å². The van der Waals surface area contributed by atoms with E-state index in [-0.39, 0.29) is 28.6 Å². The molecule has 0 atom stereocenters. The lowest BCUT2D eigenvalue weighted by molar-refractivity contribution is -0.179. The molecule has 0 bridgehead atoms. The van der Waals surface area contributed by atoms with Crippen LogP contribution in [0.3, 0.4) is 0 Å². The molecule has 0 spiro atoms. The Morgan fingerprint density at radius 2 is 1.94 bits per heavy atom. The highest BCUT2D eigenvalue weighted by Gasteiger charge is 2.65. The van der Waals surface area contributed by atoms with Crippen LogP contribution in [0.4, 0.5) is 17.6 Å². The zero-order valence-corrected chi connectivity index (χ0v) is 9.83. The zero-order chi connectivity index (χ0) is 13.1. The van der Waals surface area contributed by atoms with Crippen molar-refractivity contribution in [2.75, 3.05) is 0 Å². The monoisotopic (exact) mass is 276 g/mol. The van der Waals surface area contributed by atoms with Gasteiger partial charge in [0.05, 0.1) is 11.0 Å². The van der Waals surface area contributed by atoms with Crippen LogP contribution < -0.4 is 0 Å². The van der Waals surface area contributed by atoms with Crippen LogP contribution in [0.25, 0.3) is 11.0 Å². The van der Waals surface area contributed by atoms with Gasteiger partial charge in [-0.1, -0.05) is 0 Å². The van der Waals surface area contributed by atoms with Gasteiger partial charge in [0.25, 0.3) is 0 Å². The number of aromatic amines is 1. The number of imidazole rings is 1. The van der Waals surface area contributed by atoms with Gasteiger partial charge >= 0.3 is 6.18 Å². The number of aromatic nitrogens is 2. The van der Waals surface area contributed by atoms with Crippen molar-refractivity contribution >= 4 is 23.3 Å². The minimum Gasteiger partial charge on any atom is -0.330 e. The molecule has 0 aliphatic heterocycles. The van der Waals surface area contributed by atoms with Crippen LogP contribution in [0.15, 0.2) is 18.2 Å². The summed E-state index contributed by atoms with van der Waals surface area (Å²) in [6, 6.07) is 3.60. The number of alkyl halides is 3. The van der Waals surface area contributed by atoms with Crippen molar-refractivity contribution in [2.45, 2.75) is 24.6 Å². The minimum atomic E-state index is -4.35. The number of fused-ring (bicyclic) bond motifs is 1. The number of nitrogens with zero attached hydrogens (tertiary/aromatic N) is 1. The van der Waals surface area contributed by atoms with Crippen molar-refractivity contribution < 1.29 is 17.6 Å². The van der Waals surface area contributed by atoms with Crippen molar-refractivity contribution in [3.8, 4) is 0 Å². The molecule has 18 heavy (non-hydrogen) atoms. The van der Waals surface area contributed by atoms with Crippen molar-refractivity contribution in [3.05, 3.63) is 28.8 Å². The van der Waals surface area contributed by atoms with E-state index in [4.69, 9.17) is 12.2 Å². The molecule has 1 aromatic carbocycles. The summed E-state index contributed by atoms with van der Waals surface area (Å²) in [6.07, 6.45) is -4.33. The Morgan fingerprint density at radius 1 is 1.28 bits per heavy atom. The second-order valence-electron chi connectivity index (χ2n) is 4.46. The van der Waals surface area contributed by atoms with Crippen LogP contribution in [0.2, 0.25) is 0 Å². The first kappa shape index (κ1) is 11.7. The number of hydrogen-bond donors (Lipinski definition) is 1. The van der Waals surface area contributed by atoms with Crippen LogP contribution >= 0.6 is 12.2 Å². The number of nitrogens with one attached hydrogen (secondary N) is 1. The predicted molar refractivity (Wildman–Crippen MR) is 60.3 cm³/mol. The summed E-state index contributed by atoms with van der Waals surface area (Å²) >= 11 is 4.94. The highest BCUT2D eigenvalue weighted by molar-refractivity contribution is 7.71. The second kappa shape index (κ2) is 3.34. The zero-order valence-electron chi connectivity index (χ0n) is 9.01. The number of halogens is 4. The molecular formula is C11H8F4N2S. The van der Waals surface area contributed by atoms with Crippen LogP contribution in [-0.4, -0.2) is 15.7 Å². The normalized spacial score (nSPS) is 18.2. The van der Waals surface area contributed by atoms with Gasteiger partial charge in [0.15, 0.2) is 4.77 Å². The van der Waals surface area contributed by atoms with E-state index < -0.39 is 17.5 Å². The lowest BCUT2D eigenvalue weighted by atomic mass is 10.2. The van der Waals surface area contributed by atoms with Gasteiger partial charge in [0, 0.05) is 0 Å². The molecule has 1 aliphatic rings. The lowest BCUT2D eigenvalue weighted by Gasteiger charge is -2.21. The van der Waals surface area contributed by atoms with Gasteiger partial charge < -0.3 is 9.55 Å². The van der Waals surface area contributed by atoms with Crippen molar-refractivity contribution in [3.63, 3.8) is 0 Å². The van der Waals surface area contributed by atoms with E-state index in [1.165, 1.54) is 6.07 Å². The first-order valence-corrected chi connectivity index (χ1v) is 5.73. The molecular weight excluding hydrogens is 268 g/mol. The molecule has 3 rings (SSSR count). The molecule has 1 heterocycles. The molecule has 0 amide bonds. The Hall–Kier alpha value is -1.37. The highest BCUT2D eigenvalue weighted by atomic mass is 32.1. The number of hydrogen-bond acceptors (Lipinski definition) is 1. The molecule has 1 aliphatic carbocycles. The molecule has 96 valence electrons. The van der Waals surface area contributed by atoms with Gasteiger partial charge in [-0.25, -0.2) is 4.39 Å². The summed E-state index contributed by atoms with van der Waals surface area (Å²) in [5, 5.41) is 0. The topological polar surface area (TPSA) is 20.7 Å². The average Bonchev–Trinajstić information content (AvgIpc) is 2.97. The van der Waals surface area contributed by atoms with E-state index in [1.54, 1.807) is 0 Å². The van der Waals surface area contributed by atoms with E-state index in [0.717, 1.165) is 16.7 Å². The van der Waals surface area contributed by atoms with E-state index in [0.29, 0.717) is 0 Å². The summed E-state index contributed by atoms with van der Waals surface area (Å²) in [4.78, 5) is 2.62. The van der Waals surface area contributed by atoms with Crippen LogP contribution in [0, 0.1) is 10.6 Å². The summed E-state index contributed by atoms with van der Waals surface area (Å²) in [7, 11) is 0. The second-order valence-corrected chi connectivity index (χ2v) is 4.84. The van der Waals surface area contributed by atoms with Crippen LogP contribution in [-0.2, 0) is 5.54 Å². The summed E-state index contributed by atoms with van der Waals surface area (Å²) < 4.78 is 53.4. The summed E-state index contributed by atoms with van der Waals surface area (Å²) in [6.45, 7) is 0. The maximum absolute atomic E-state index is 13.1. The Balaban J connectivity index is 2.31. The molecule has 1 aromatic heterocycles. The van der Waals surface area contributed by atoms with E-state index in [2.05, 4.69) is 4.98 Å². The molecule has 0 saturated heterocycles. The fraction of sp³-hybridized carbons (Fsp3) is 0.364. The van der Waals surface area contributed by atoms with Gasteiger partial charge in [0.2, 0.25) is 0 Å². The number of H-pyrrole nitrogens is 1. The molecule has 1 fully saturated rings. The molecule has 2 nitrogen and oxygen atoms in total. The first-order chi connectivity index (χ1) is 8.35. The third kappa shape index (κ3) is 1.43. The molecule has 0 unspecified atom stereocenters. The fourth-order valence-corrected chi connectivity index (χ4v) is 2.64. The predicted octanol–water partition coefficient (Wildman–Crippen LogP) is 3.89. The number of benzene rings is 1. The van der Waals surface area contributed by atoms with Crippen molar-refractivity contribution in [1.29, 1.82) is 0 Å². The lowest BCUT2D eigenvalue weighted by Crippen LogP contribution is -2.34. The Labute approximate surface area is 104 Å². The molecule has 0 radical (unpaired) electrons. The first-order valence-electron chi connectivity index (χ1n) is 5.33. The quantitative estimate of drug-likeness (QED) is 0.619. The maximum atomic E-state index is 13.1. The molecule has 2 aromatic rings. The standard InChI is InChI=1S/C11H8F4N2S/c12-6-1-2-8-7(5-6)16-9(18)17(8)10(3-4-10)11(13,14)15/h1-2,5H,3-4H2,(H,16,18). The Morgan fingerprint density at radius 3 is 2.50 bits per heavy atom. The van der Waals surface area contributed by atoms with Gasteiger partial charge in [-0.2, -0.15) is 13.2 Å². The van der Waals surface area contributed by atoms with E-state index >= 15 is 0 Å². The van der Waals surface area contributed by atoms with Crippen LogP contribution in [0.5, 0.6) is 0 Å². The highest BCUT2D eigenvalue weighted by Crippen LogP contribution is 2.56. The van der Waals surface area contributed by atoms with E-state index in [9.17, 15) is 17.6 Å². The summed E-state index contributed by atoms with van der Waals surface area (Å²) in [5.41, 5.74) is -1.34. The average molecular weight is 276 g/mol. The van der Waals surface area contributed by atoms with Crippen molar-refractivity contribution in [2.24, 2.45) is 0 Å². The van der Waals surface area contributed by atoms with Gasteiger partial charge in [-0.15, -0.1) is 0 Å². The maximum Gasteiger partial charge on any atom is 0.412 e. The Bertz CT molecular complexity index is 678. The molecule has 1 saturated carbocycles. The number of rotatable bonds is 1. The van der Waals surface area contributed by atoms with Gasteiger partial charge in [-0.3, -0.25) is 0 Å². The third-order valence-corrected chi connectivity index (χ3v) is 3.61. The van der Waals surface area contributed by atoms with Crippen LogP contribution in [0.1, 0.15) is 12.8 Å². The smallest absolute Gasteiger partial charge is 0.330 e. The Kier molecular flexibility index (Phi) is 2.17.